The summed E-state index contributed by atoms with van der Waals surface area (Å²) in [5, 5.41) is 0. The average Bonchev–Trinajstić information content (AvgIpc) is 3.83. The molecule has 0 radical (unpaired) electrons. The van der Waals surface area contributed by atoms with Crippen molar-refractivity contribution in [3.63, 3.8) is 0 Å². The van der Waals surface area contributed by atoms with Crippen molar-refractivity contribution in [2.45, 2.75) is 5.41 Å². The predicted octanol–water partition coefficient (Wildman–Crippen LogP) is 15.4. The molecule has 0 amide bonds. The van der Waals surface area contributed by atoms with Gasteiger partial charge in [0.15, 0.2) is 11.5 Å². The van der Waals surface area contributed by atoms with Gasteiger partial charge >= 0.3 is 0 Å². The largest absolute Gasteiger partial charge is 0.238 e. The molecule has 0 aliphatic heterocycles. The number of fused-ring (bicyclic) bond motifs is 10. The molecule has 0 N–H and O–H groups in total. The Labute approximate surface area is 367 Å². The molecule has 292 valence electrons. The van der Waals surface area contributed by atoms with Gasteiger partial charge in [0.2, 0.25) is 0 Å². The maximum absolute atomic E-state index is 7.96. The second-order valence-corrected chi connectivity index (χ2v) is 16.4. The van der Waals surface area contributed by atoms with E-state index in [1.54, 1.807) is 0 Å². The first-order valence-corrected chi connectivity index (χ1v) is 21.3. The number of hydrogen-bond donors (Lipinski definition) is 0. The molecule has 0 fully saturated rings. The van der Waals surface area contributed by atoms with Gasteiger partial charge in [-0.05, 0) is 108 Å². The zero-order chi connectivity index (χ0) is 41.9. The number of nitrogens with zero attached hydrogens (tertiary/aromatic N) is 3. The molecule has 1 spiro atoms. The molecule has 3 heteroatoms. The Balaban J connectivity index is 0.948. The van der Waals surface area contributed by atoms with E-state index in [-0.39, 0.29) is 0 Å². The van der Waals surface area contributed by atoms with Gasteiger partial charge in [0.25, 0.3) is 0 Å². The maximum atomic E-state index is 7.96. The fraction of sp³-hybridized carbons (Fsp3) is 0.0167. The molecule has 2 aliphatic carbocycles. The zero-order valence-electron chi connectivity index (χ0n) is 34.2. The maximum Gasteiger partial charge on any atom is 0.187 e. The van der Waals surface area contributed by atoms with E-state index in [0.29, 0.717) is 11.5 Å². The summed E-state index contributed by atoms with van der Waals surface area (Å²) in [7, 11) is 0. The SMILES string of the molecule is [C-]#[N+]c1ccc2c(c1)C1(c3ccccc3-c3ccccc31)c1ccc(-c3cccc(-c4cccc(-c5cc(-c6cccc(-c7ccccc7)c6)nc(-c6ccccc6)n5)c4)c3)cc1-2. The Morgan fingerprint density at radius 3 is 1.33 bits per heavy atom. The van der Waals surface area contributed by atoms with Crippen molar-refractivity contribution in [3.05, 3.63) is 258 Å². The summed E-state index contributed by atoms with van der Waals surface area (Å²) < 4.78 is 0. The first kappa shape index (κ1) is 36.4. The standard InChI is InChI=1S/C60H37N3/c1-61-48-30-31-51-52-36-45(29-32-55(52)60(56(51)37-48)53-27-10-8-25-49(53)50-26-9-11-28-54(50)60)43-21-12-20-42(33-43)44-22-14-24-47(35-44)58-38-57(62-59(63-58)40-17-6-3-7-18-40)46-23-13-19-41(34-46)39-15-4-2-5-16-39/h2-38H. The van der Waals surface area contributed by atoms with E-state index < -0.39 is 5.41 Å². The molecule has 1 aromatic heterocycles. The van der Waals surface area contributed by atoms with Crippen LogP contribution in [0.4, 0.5) is 5.69 Å². The van der Waals surface area contributed by atoms with Crippen LogP contribution in [0, 0.1) is 6.57 Å². The fourth-order valence-corrected chi connectivity index (χ4v) is 10.1. The molecule has 0 atom stereocenters. The van der Waals surface area contributed by atoms with Crippen molar-refractivity contribution in [2.24, 2.45) is 0 Å². The van der Waals surface area contributed by atoms with Crippen LogP contribution >= 0.6 is 0 Å². The van der Waals surface area contributed by atoms with Gasteiger partial charge in [-0.2, -0.15) is 0 Å². The van der Waals surface area contributed by atoms with E-state index in [1.165, 1.54) is 50.1 Å². The predicted molar refractivity (Wildman–Crippen MR) is 257 cm³/mol. The van der Waals surface area contributed by atoms with Crippen LogP contribution in [0.5, 0.6) is 0 Å². The number of rotatable bonds is 6. The van der Waals surface area contributed by atoms with Gasteiger partial charge in [0.1, 0.15) is 0 Å². The van der Waals surface area contributed by atoms with Crippen molar-refractivity contribution in [2.75, 3.05) is 0 Å². The summed E-state index contributed by atoms with van der Waals surface area (Å²) >= 11 is 0. The van der Waals surface area contributed by atoms with Crippen molar-refractivity contribution < 1.29 is 0 Å². The lowest BCUT2D eigenvalue weighted by atomic mass is 9.70. The molecule has 0 saturated heterocycles. The molecule has 9 aromatic carbocycles. The first-order chi connectivity index (χ1) is 31.2. The van der Waals surface area contributed by atoms with Crippen molar-refractivity contribution in [3.8, 4) is 89.5 Å². The Bertz CT molecular complexity index is 3420. The second kappa shape index (κ2) is 14.6. The van der Waals surface area contributed by atoms with E-state index in [0.717, 1.165) is 55.9 Å². The highest BCUT2D eigenvalue weighted by Gasteiger charge is 2.51. The van der Waals surface area contributed by atoms with Crippen LogP contribution in [-0.2, 0) is 5.41 Å². The second-order valence-electron chi connectivity index (χ2n) is 16.4. The Morgan fingerprint density at radius 1 is 0.302 bits per heavy atom. The molecule has 2 aliphatic rings. The first-order valence-electron chi connectivity index (χ1n) is 21.3. The molecular formula is C60H37N3. The highest BCUT2D eigenvalue weighted by molar-refractivity contribution is 5.97. The Hall–Kier alpha value is -8.45. The molecule has 0 saturated carbocycles. The van der Waals surface area contributed by atoms with E-state index in [2.05, 4.69) is 199 Å². The van der Waals surface area contributed by atoms with Crippen molar-refractivity contribution in [1.29, 1.82) is 0 Å². The van der Waals surface area contributed by atoms with Gasteiger partial charge in [-0.15, -0.1) is 0 Å². The topological polar surface area (TPSA) is 30.1 Å². The number of benzene rings is 9. The molecule has 63 heavy (non-hydrogen) atoms. The third kappa shape index (κ3) is 5.88. The molecule has 12 rings (SSSR count). The Kier molecular flexibility index (Phi) is 8.45. The van der Waals surface area contributed by atoms with Gasteiger partial charge in [-0.1, -0.05) is 194 Å². The summed E-state index contributed by atoms with van der Waals surface area (Å²) in [5.41, 5.74) is 21.7. The third-order valence-corrected chi connectivity index (χ3v) is 12.9. The van der Waals surface area contributed by atoms with Gasteiger partial charge in [0, 0.05) is 16.7 Å². The average molecular weight is 800 g/mol. The zero-order valence-corrected chi connectivity index (χ0v) is 34.2. The molecule has 10 aromatic rings. The molecule has 0 bridgehead atoms. The lowest BCUT2D eigenvalue weighted by molar-refractivity contribution is 0.794. The van der Waals surface area contributed by atoms with E-state index in [1.807, 2.05) is 30.3 Å². The van der Waals surface area contributed by atoms with Crippen molar-refractivity contribution in [1.82, 2.24) is 9.97 Å². The lowest BCUT2D eigenvalue weighted by Crippen LogP contribution is -2.25. The van der Waals surface area contributed by atoms with Crippen LogP contribution in [0.2, 0.25) is 0 Å². The summed E-state index contributed by atoms with van der Waals surface area (Å²) in [4.78, 5) is 14.2. The van der Waals surface area contributed by atoms with Crippen LogP contribution in [0.1, 0.15) is 22.3 Å². The molecular weight excluding hydrogens is 763 g/mol. The van der Waals surface area contributed by atoms with Gasteiger partial charge in [0.05, 0.1) is 23.4 Å². The van der Waals surface area contributed by atoms with Gasteiger partial charge < -0.3 is 0 Å². The molecule has 0 unspecified atom stereocenters. The van der Waals surface area contributed by atoms with E-state index in [9.17, 15) is 0 Å². The minimum atomic E-state index is -0.495. The summed E-state index contributed by atoms with van der Waals surface area (Å²) in [5.74, 6) is 0.690. The summed E-state index contributed by atoms with van der Waals surface area (Å²) in [6.07, 6.45) is 0. The monoisotopic (exact) mass is 799 g/mol. The third-order valence-electron chi connectivity index (χ3n) is 12.9. The van der Waals surface area contributed by atoms with Gasteiger partial charge in [-0.25, -0.2) is 14.8 Å². The normalized spacial score (nSPS) is 12.6. The van der Waals surface area contributed by atoms with E-state index in [4.69, 9.17) is 16.5 Å². The van der Waals surface area contributed by atoms with Crippen LogP contribution in [0.15, 0.2) is 224 Å². The van der Waals surface area contributed by atoms with Crippen LogP contribution < -0.4 is 0 Å². The Morgan fingerprint density at radius 2 is 0.746 bits per heavy atom. The highest BCUT2D eigenvalue weighted by atomic mass is 14.9. The fourth-order valence-electron chi connectivity index (χ4n) is 10.1. The number of aromatic nitrogens is 2. The minimum Gasteiger partial charge on any atom is -0.238 e. The lowest BCUT2D eigenvalue weighted by Gasteiger charge is -2.30. The van der Waals surface area contributed by atoms with E-state index >= 15 is 0 Å². The molecule has 1 heterocycles. The molecule has 3 nitrogen and oxygen atoms in total. The van der Waals surface area contributed by atoms with Crippen LogP contribution in [-0.4, -0.2) is 9.97 Å². The summed E-state index contributed by atoms with van der Waals surface area (Å²) in [6.45, 7) is 7.96. The summed E-state index contributed by atoms with van der Waals surface area (Å²) in [6, 6.07) is 79.7. The number of hydrogen-bond acceptors (Lipinski definition) is 2. The van der Waals surface area contributed by atoms with Crippen LogP contribution in [0.25, 0.3) is 94.4 Å². The minimum absolute atomic E-state index is 0.495. The highest BCUT2D eigenvalue weighted by Crippen LogP contribution is 2.63. The van der Waals surface area contributed by atoms with Crippen LogP contribution in [0.3, 0.4) is 0 Å². The quantitative estimate of drug-likeness (QED) is 0.157. The smallest absolute Gasteiger partial charge is 0.187 e. The van der Waals surface area contributed by atoms with Gasteiger partial charge in [-0.3, -0.25) is 0 Å². The van der Waals surface area contributed by atoms with Crippen molar-refractivity contribution >= 4 is 5.69 Å².